The van der Waals surface area contributed by atoms with Crippen LogP contribution in [-0.4, -0.2) is 26.8 Å². The zero-order valence-electron chi connectivity index (χ0n) is 11.3. The van der Waals surface area contributed by atoms with Gasteiger partial charge in [-0.15, -0.1) is 0 Å². The average molecular weight is 282 g/mol. The fourth-order valence-electron chi connectivity index (χ4n) is 2.49. The highest BCUT2D eigenvalue weighted by atomic mass is 16.5. The van der Waals surface area contributed by atoms with E-state index in [-0.39, 0.29) is 12.0 Å². The van der Waals surface area contributed by atoms with E-state index in [1.165, 1.54) is 6.20 Å². The molecule has 0 N–H and O–H groups in total. The Morgan fingerprint density at radius 1 is 1.38 bits per heavy atom. The normalized spacial score (nSPS) is 20.9. The number of carbonyl (C=O) groups is 1. The Labute approximate surface area is 122 Å². The van der Waals surface area contributed by atoms with Crippen molar-refractivity contribution in [3.63, 3.8) is 0 Å². The van der Waals surface area contributed by atoms with E-state index < -0.39 is 5.97 Å². The molecule has 1 saturated carbocycles. The van der Waals surface area contributed by atoms with Gasteiger partial charge in [0.05, 0.1) is 29.4 Å². The van der Waals surface area contributed by atoms with Crippen molar-refractivity contribution < 1.29 is 9.53 Å². The first kappa shape index (κ1) is 13.3. The smallest absolute Gasteiger partial charge is 0.341 e. The van der Waals surface area contributed by atoms with Crippen LogP contribution in [0.3, 0.4) is 0 Å². The van der Waals surface area contributed by atoms with Gasteiger partial charge in [-0.1, -0.05) is 0 Å². The zero-order chi connectivity index (χ0) is 14.7. The minimum absolute atomic E-state index is 0.191. The Hall–Kier alpha value is -2.68. The topological polar surface area (TPSA) is 80.8 Å². The zero-order valence-corrected chi connectivity index (χ0v) is 11.3. The number of rotatable bonds is 3. The molecule has 1 aliphatic rings. The predicted molar refractivity (Wildman–Crippen MR) is 73.5 cm³/mol. The molecule has 0 saturated heterocycles. The first-order chi connectivity index (χ1) is 10.3. The molecular formula is C15H14N4O2. The van der Waals surface area contributed by atoms with Crippen LogP contribution in [0.15, 0.2) is 36.9 Å². The van der Waals surface area contributed by atoms with Crippen LogP contribution >= 0.6 is 0 Å². The summed E-state index contributed by atoms with van der Waals surface area (Å²) in [6.07, 6.45) is 8.58. The maximum absolute atomic E-state index is 12.1. The second-order valence-corrected chi connectivity index (χ2v) is 4.99. The second-order valence-electron chi connectivity index (χ2n) is 4.99. The molecule has 3 rings (SSSR count). The highest BCUT2D eigenvalue weighted by Crippen LogP contribution is 2.28. The SMILES string of the molecule is N#CC1CCCC1OC(=O)c1cnn(-c2ccncc2)c1. The van der Waals surface area contributed by atoms with Crippen LogP contribution in [0.1, 0.15) is 29.6 Å². The molecule has 6 nitrogen and oxygen atoms in total. The number of nitrogens with zero attached hydrogens (tertiary/aromatic N) is 4. The van der Waals surface area contributed by atoms with Crippen LogP contribution in [-0.2, 0) is 4.74 Å². The molecule has 0 spiro atoms. The van der Waals surface area contributed by atoms with E-state index in [1.807, 2.05) is 0 Å². The van der Waals surface area contributed by atoms with Gasteiger partial charge >= 0.3 is 5.97 Å². The highest BCUT2D eigenvalue weighted by Gasteiger charge is 2.31. The van der Waals surface area contributed by atoms with E-state index >= 15 is 0 Å². The summed E-state index contributed by atoms with van der Waals surface area (Å²) in [4.78, 5) is 16.0. The molecule has 0 radical (unpaired) electrons. The van der Waals surface area contributed by atoms with Crippen molar-refractivity contribution in [1.29, 1.82) is 5.26 Å². The molecule has 106 valence electrons. The number of hydrogen-bond donors (Lipinski definition) is 0. The molecule has 0 bridgehead atoms. The standard InChI is InChI=1S/C15H14N4O2/c16-8-11-2-1-3-14(11)21-15(20)12-9-18-19(10-12)13-4-6-17-7-5-13/h4-7,9-11,14H,1-3H2. The van der Waals surface area contributed by atoms with Crippen molar-refractivity contribution in [1.82, 2.24) is 14.8 Å². The molecule has 0 amide bonds. The van der Waals surface area contributed by atoms with Gasteiger partial charge in [0.25, 0.3) is 0 Å². The Kier molecular flexibility index (Phi) is 3.65. The third-order valence-electron chi connectivity index (χ3n) is 3.62. The fraction of sp³-hybridized carbons (Fsp3) is 0.333. The quantitative estimate of drug-likeness (QED) is 0.805. The molecule has 0 aliphatic heterocycles. The summed E-state index contributed by atoms with van der Waals surface area (Å²) in [5.74, 6) is -0.619. The summed E-state index contributed by atoms with van der Waals surface area (Å²) in [6.45, 7) is 0. The van der Waals surface area contributed by atoms with Crippen molar-refractivity contribution in [2.24, 2.45) is 5.92 Å². The summed E-state index contributed by atoms with van der Waals surface area (Å²) in [5, 5.41) is 13.2. The number of nitriles is 1. The minimum atomic E-state index is -0.428. The monoisotopic (exact) mass is 282 g/mol. The largest absolute Gasteiger partial charge is 0.457 e. The van der Waals surface area contributed by atoms with Gasteiger partial charge in [0.2, 0.25) is 0 Å². The summed E-state index contributed by atoms with van der Waals surface area (Å²) in [7, 11) is 0. The van der Waals surface area contributed by atoms with E-state index in [1.54, 1.807) is 35.4 Å². The third kappa shape index (κ3) is 2.77. The molecule has 2 aromatic heterocycles. The molecule has 1 aliphatic carbocycles. The van der Waals surface area contributed by atoms with Crippen LogP contribution in [0.25, 0.3) is 5.69 Å². The van der Waals surface area contributed by atoms with E-state index in [9.17, 15) is 4.79 Å². The van der Waals surface area contributed by atoms with Gasteiger partial charge in [0, 0.05) is 18.6 Å². The lowest BCUT2D eigenvalue weighted by atomic mass is 10.1. The number of ether oxygens (including phenoxy) is 1. The van der Waals surface area contributed by atoms with Crippen LogP contribution in [0.5, 0.6) is 0 Å². The first-order valence-electron chi connectivity index (χ1n) is 6.83. The van der Waals surface area contributed by atoms with E-state index in [4.69, 9.17) is 10.00 Å². The van der Waals surface area contributed by atoms with Crippen LogP contribution in [0.2, 0.25) is 0 Å². The Morgan fingerprint density at radius 3 is 2.95 bits per heavy atom. The molecule has 2 heterocycles. The van der Waals surface area contributed by atoms with Gasteiger partial charge in [0.1, 0.15) is 6.10 Å². The maximum atomic E-state index is 12.1. The lowest BCUT2D eigenvalue weighted by Gasteiger charge is -2.13. The molecule has 21 heavy (non-hydrogen) atoms. The van der Waals surface area contributed by atoms with Gasteiger partial charge in [-0.25, -0.2) is 9.48 Å². The second kappa shape index (κ2) is 5.75. The van der Waals surface area contributed by atoms with E-state index in [0.717, 1.165) is 24.9 Å². The first-order valence-corrected chi connectivity index (χ1v) is 6.83. The van der Waals surface area contributed by atoms with Crippen LogP contribution in [0, 0.1) is 17.2 Å². The van der Waals surface area contributed by atoms with E-state index in [0.29, 0.717) is 5.56 Å². The summed E-state index contributed by atoms with van der Waals surface area (Å²) in [5.41, 5.74) is 1.20. The number of esters is 1. The highest BCUT2D eigenvalue weighted by molar-refractivity contribution is 5.89. The molecule has 1 fully saturated rings. The third-order valence-corrected chi connectivity index (χ3v) is 3.62. The van der Waals surface area contributed by atoms with Gasteiger partial charge in [-0.2, -0.15) is 10.4 Å². The molecule has 2 unspecified atom stereocenters. The lowest BCUT2D eigenvalue weighted by molar-refractivity contribution is 0.0260. The van der Waals surface area contributed by atoms with Crippen molar-refractivity contribution in [2.75, 3.05) is 0 Å². The number of aromatic nitrogens is 3. The average Bonchev–Trinajstić information content (AvgIpc) is 3.17. The molecule has 6 heteroatoms. The van der Waals surface area contributed by atoms with E-state index in [2.05, 4.69) is 16.2 Å². The maximum Gasteiger partial charge on any atom is 0.341 e. The number of pyridine rings is 1. The fourth-order valence-corrected chi connectivity index (χ4v) is 2.49. The summed E-state index contributed by atoms with van der Waals surface area (Å²) >= 11 is 0. The van der Waals surface area contributed by atoms with Gasteiger partial charge in [0.15, 0.2) is 0 Å². The van der Waals surface area contributed by atoms with Crippen LogP contribution < -0.4 is 0 Å². The van der Waals surface area contributed by atoms with Crippen molar-refractivity contribution in [3.8, 4) is 11.8 Å². The van der Waals surface area contributed by atoms with Crippen LogP contribution in [0.4, 0.5) is 0 Å². The van der Waals surface area contributed by atoms with Crippen molar-refractivity contribution in [3.05, 3.63) is 42.5 Å². The number of carbonyl (C=O) groups excluding carboxylic acids is 1. The molecule has 0 aromatic carbocycles. The summed E-state index contributed by atoms with van der Waals surface area (Å²) < 4.78 is 7.01. The van der Waals surface area contributed by atoms with Gasteiger partial charge < -0.3 is 4.74 Å². The van der Waals surface area contributed by atoms with Crippen molar-refractivity contribution in [2.45, 2.75) is 25.4 Å². The lowest BCUT2D eigenvalue weighted by Crippen LogP contribution is -2.21. The molecular weight excluding hydrogens is 268 g/mol. The Morgan fingerprint density at radius 2 is 2.19 bits per heavy atom. The van der Waals surface area contributed by atoms with Gasteiger partial charge in [-0.05, 0) is 31.4 Å². The van der Waals surface area contributed by atoms with Crippen molar-refractivity contribution >= 4 is 5.97 Å². The van der Waals surface area contributed by atoms with Gasteiger partial charge in [-0.3, -0.25) is 4.98 Å². The summed E-state index contributed by atoms with van der Waals surface area (Å²) in [6, 6.07) is 5.79. The Bertz CT molecular complexity index is 674. The molecule has 2 atom stereocenters. The predicted octanol–water partition coefficient (Wildman–Crippen LogP) is 2.12. The molecule has 2 aromatic rings. The Balaban J connectivity index is 1.72. The number of hydrogen-bond acceptors (Lipinski definition) is 5. The minimum Gasteiger partial charge on any atom is -0.457 e.